The van der Waals surface area contributed by atoms with Gasteiger partial charge in [0.05, 0.1) is 10.7 Å². The number of carboxylic acid groups (broad SMARTS) is 1. The van der Waals surface area contributed by atoms with Crippen LogP contribution in [0.5, 0.6) is 0 Å². The van der Waals surface area contributed by atoms with Gasteiger partial charge in [0.2, 0.25) is 5.82 Å². The van der Waals surface area contributed by atoms with Crippen LogP contribution in [0.1, 0.15) is 5.69 Å². The summed E-state index contributed by atoms with van der Waals surface area (Å²) in [6, 6.07) is 4.05. The summed E-state index contributed by atoms with van der Waals surface area (Å²) in [5.74, 6) is -1.32. The Bertz CT molecular complexity index is 1230. The monoisotopic (exact) mass is 430 g/mol. The molecule has 3 rings (SSSR count). The number of hydrogen-bond donors (Lipinski definition) is 1. The van der Waals surface area contributed by atoms with E-state index in [-0.39, 0.29) is 22.1 Å². The van der Waals surface area contributed by atoms with Gasteiger partial charge in [0.15, 0.2) is 6.54 Å². The molecule has 0 saturated heterocycles. The van der Waals surface area contributed by atoms with Crippen LogP contribution >= 0.6 is 11.6 Å². The number of alkyl halides is 3. The molecule has 1 aromatic carbocycles. The Morgan fingerprint density at radius 3 is 2.55 bits per heavy atom. The van der Waals surface area contributed by atoms with Crippen LogP contribution in [-0.2, 0) is 24.6 Å². The van der Waals surface area contributed by atoms with Crippen LogP contribution in [0.4, 0.5) is 13.2 Å². The van der Waals surface area contributed by atoms with Gasteiger partial charge >= 0.3 is 17.8 Å². The summed E-state index contributed by atoms with van der Waals surface area (Å²) in [6.07, 6.45) is -4.89. The number of halogens is 4. The van der Waals surface area contributed by atoms with Crippen LogP contribution in [0.3, 0.4) is 0 Å². The van der Waals surface area contributed by atoms with E-state index in [1.54, 1.807) is 0 Å². The van der Waals surface area contributed by atoms with Crippen molar-refractivity contribution in [2.24, 2.45) is 7.05 Å². The van der Waals surface area contributed by atoms with Crippen LogP contribution in [0, 0.1) is 0 Å². The Kier molecular flexibility index (Phi) is 5.00. The maximum atomic E-state index is 13.0. The van der Waals surface area contributed by atoms with Gasteiger partial charge in [-0.25, -0.2) is 9.36 Å². The first kappa shape index (κ1) is 20.3. The highest BCUT2D eigenvalue weighted by Gasteiger charge is 2.35. The zero-order valence-electron chi connectivity index (χ0n) is 14.4. The van der Waals surface area contributed by atoms with E-state index in [1.807, 2.05) is 0 Å². The molecule has 0 unspecified atom stereocenters. The van der Waals surface area contributed by atoms with Gasteiger partial charge in [0.25, 0.3) is 5.56 Å². The summed E-state index contributed by atoms with van der Waals surface area (Å²) >= 11 is 6.08. The summed E-state index contributed by atoms with van der Waals surface area (Å²) in [5.41, 5.74) is -3.80. The number of hydrogen-bond acceptors (Lipinski definition) is 6. The Hall–Kier alpha value is -3.48. The van der Waals surface area contributed by atoms with Gasteiger partial charge in [-0.2, -0.15) is 18.0 Å². The van der Waals surface area contributed by atoms with Crippen LogP contribution in [0.25, 0.3) is 17.1 Å². The highest BCUT2D eigenvalue weighted by Crippen LogP contribution is 2.28. The van der Waals surface area contributed by atoms with Crippen molar-refractivity contribution in [2.75, 3.05) is 0 Å². The molecule has 0 spiro atoms. The van der Waals surface area contributed by atoms with Gasteiger partial charge in [0.1, 0.15) is 5.69 Å². The molecule has 3 aromatic rings. The average molecular weight is 431 g/mol. The van der Waals surface area contributed by atoms with Crippen LogP contribution < -0.4 is 11.2 Å². The number of tetrazole rings is 1. The van der Waals surface area contributed by atoms with Crippen molar-refractivity contribution >= 4 is 17.6 Å². The second kappa shape index (κ2) is 7.16. The van der Waals surface area contributed by atoms with Crippen LogP contribution in [-0.4, -0.2) is 40.4 Å². The Morgan fingerprint density at radius 2 is 1.93 bits per heavy atom. The molecular formula is C15H10ClF3N6O4. The quantitative estimate of drug-likeness (QED) is 0.653. The Labute approximate surface area is 163 Å². The minimum absolute atomic E-state index is 0.0837. The highest BCUT2D eigenvalue weighted by molar-refractivity contribution is 6.33. The molecule has 152 valence electrons. The fourth-order valence-corrected chi connectivity index (χ4v) is 2.70. The largest absolute Gasteiger partial charge is 0.480 e. The molecular weight excluding hydrogens is 421 g/mol. The number of nitrogens with zero attached hydrogens (tertiary/aromatic N) is 6. The summed E-state index contributed by atoms with van der Waals surface area (Å²) in [5, 5.41) is 19.9. The van der Waals surface area contributed by atoms with Crippen molar-refractivity contribution < 1.29 is 23.1 Å². The molecule has 1 N–H and O–H groups in total. The molecule has 2 heterocycles. The highest BCUT2D eigenvalue weighted by atomic mass is 35.5. The molecule has 0 fully saturated rings. The first-order valence-electron chi connectivity index (χ1n) is 7.69. The lowest BCUT2D eigenvalue weighted by molar-refractivity contribution is -0.144. The van der Waals surface area contributed by atoms with Crippen molar-refractivity contribution in [1.29, 1.82) is 0 Å². The van der Waals surface area contributed by atoms with Gasteiger partial charge in [-0.3, -0.25) is 14.2 Å². The van der Waals surface area contributed by atoms with E-state index in [9.17, 15) is 27.6 Å². The number of carboxylic acids is 1. The molecule has 29 heavy (non-hydrogen) atoms. The van der Waals surface area contributed by atoms with Crippen LogP contribution in [0.2, 0.25) is 5.02 Å². The molecule has 0 bridgehead atoms. The van der Waals surface area contributed by atoms with Gasteiger partial charge < -0.3 is 5.11 Å². The zero-order valence-corrected chi connectivity index (χ0v) is 15.1. The summed E-state index contributed by atoms with van der Waals surface area (Å²) in [7, 11) is 0.886. The fraction of sp³-hybridized carbons (Fsp3) is 0.200. The van der Waals surface area contributed by atoms with Gasteiger partial charge in [-0.05, 0) is 23.4 Å². The van der Waals surface area contributed by atoms with Crippen molar-refractivity contribution in [1.82, 2.24) is 29.3 Å². The molecule has 0 radical (unpaired) electrons. The third-order valence-corrected chi connectivity index (χ3v) is 4.12. The topological polar surface area (TPSA) is 125 Å². The molecule has 0 saturated carbocycles. The second-order valence-electron chi connectivity index (χ2n) is 5.74. The molecule has 0 aliphatic carbocycles. The lowest BCUT2D eigenvalue weighted by Crippen LogP contribution is -2.40. The third-order valence-electron chi connectivity index (χ3n) is 3.79. The average Bonchev–Trinajstić information content (AvgIpc) is 3.06. The molecule has 0 atom stereocenters. The van der Waals surface area contributed by atoms with Crippen molar-refractivity contribution in [3.63, 3.8) is 0 Å². The van der Waals surface area contributed by atoms with E-state index < -0.39 is 35.6 Å². The maximum absolute atomic E-state index is 13.0. The van der Waals surface area contributed by atoms with E-state index in [1.165, 1.54) is 18.2 Å². The van der Waals surface area contributed by atoms with Crippen molar-refractivity contribution in [3.8, 4) is 17.1 Å². The molecule has 0 amide bonds. The molecule has 14 heteroatoms. The minimum Gasteiger partial charge on any atom is -0.480 e. The Balaban J connectivity index is 2.15. The third kappa shape index (κ3) is 3.89. The molecule has 2 aromatic heterocycles. The number of aromatic nitrogens is 6. The zero-order chi connectivity index (χ0) is 21.5. The summed E-state index contributed by atoms with van der Waals surface area (Å²) in [4.78, 5) is 36.1. The Morgan fingerprint density at radius 1 is 1.24 bits per heavy atom. The normalized spacial score (nSPS) is 11.6. The van der Waals surface area contributed by atoms with Crippen molar-refractivity contribution in [3.05, 3.63) is 55.8 Å². The van der Waals surface area contributed by atoms with E-state index in [0.717, 1.165) is 11.8 Å². The first-order valence-corrected chi connectivity index (χ1v) is 8.07. The molecule has 0 aliphatic heterocycles. The fourth-order valence-electron chi connectivity index (χ4n) is 2.50. The van der Waals surface area contributed by atoms with Crippen LogP contribution in [0.15, 0.2) is 33.9 Å². The number of carbonyl (C=O) groups is 1. The number of rotatable bonds is 4. The number of aliphatic carboxylic acids is 1. The van der Waals surface area contributed by atoms with E-state index in [4.69, 9.17) is 16.7 Å². The molecule has 0 aliphatic rings. The van der Waals surface area contributed by atoms with Crippen molar-refractivity contribution in [2.45, 2.75) is 12.7 Å². The lowest BCUT2D eigenvalue weighted by atomic mass is 10.2. The van der Waals surface area contributed by atoms with E-state index >= 15 is 0 Å². The maximum Gasteiger partial charge on any atom is 0.431 e. The molecule has 10 nitrogen and oxygen atoms in total. The predicted octanol–water partition coefficient (Wildman–Crippen LogP) is 0.946. The van der Waals surface area contributed by atoms with E-state index in [2.05, 4.69) is 15.4 Å². The summed E-state index contributed by atoms with van der Waals surface area (Å²) in [6.45, 7) is -0.566. The number of benzene rings is 1. The minimum atomic E-state index is -4.89. The van der Waals surface area contributed by atoms with Gasteiger partial charge in [0, 0.05) is 18.7 Å². The van der Waals surface area contributed by atoms with E-state index in [0.29, 0.717) is 15.2 Å². The first-order chi connectivity index (χ1) is 13.5. The summed E-state index contributed by atoms with van der Waals surface area (Å²) < 4.78 is 39.8. The second-order valence-corrected chi connectivity index (χ2v) is 6.15. The SMILES string of the molecule is Cn1c(C(F)(F)F)cc(=O)n(-c2ccc(Cl)c(-c3nnn(CC(=O)O)n3)c2)c1=O. The smallest absolute Gasteiger partial charge is 0.431 e. The lowest BCUT2D eigenvalue weighted by Gasteiger charge is -2.14. The predicted molar refractivity (Wildman–Crippen MR) is 91.7 cm³/mol. The van der Waals surface area contributed by atoms with Gasteiger partial charge in [-0.1, -0.05) is 11.6 Å². The standard InChI is InChI=1S/C15H10ClF3N6O4/c1-23-10(15(17,18)19)5-11(26)25(14(23)29)7-2-3-9(16)8(4-7)13-20-22-24(21-13)6-12(27)28/h2-5H,6H2,1H3,(H,27,28). The van der Waals surface area contributed by atoms with Gasteiger partial charge in [-0.15, -0.1) is 10.2 Å².